The molecule has 35 heavy (non-hydrogen) atoms. The minimum absolute atomic E-state index is 0.0278. The summed E-state index contributed by atoms with van der Waals surface area (Å²) in [7, 11) is 0. The quantitative estimate of drug-likeness (QED) is 0.339. The minimum atomic E-state index is -0.578. The van der Waals surface area contributed by atoms with E-state index in [1.54, 1.807) is 37.3 Å². The Morgan fingerprint density at radius 3 is 1.86 bits per heavy atom. The van der Waals surface area contributed by atoms with Gasteiger partial charge in [0.15, 0.2) is 23.0 Å². The summed E-state index contributed by atoms with van der Waals surface area (Å²) in [5.41, 5.74) is 11.3. The molecular weight excluding hydrogens is 464 g/mol. The zero-order valence-electron chi connectivity index (χ0n) is 19.6. The first-order valence-corrected chi connectivity index (χ1v) is 10.6. The number of nitro groups is 2. The van der Waals surface area contributed by atoms with Crippen LogP contribution in [-0.4, -0.2) is 55.4 Å². The number of hydrogen-bond acceptors (Lipinski definition) is 11. The van der Waals surface area contributed by atoms with Gasteiger partial charge in [-0.05, 0) is 35.9 Å². The molecular formula is C22H30N4O9. The van der Waals surface area contributed by atoms with Crippen molar-refractivity contribution >= 4 is 6.29 Å². The smallest absolute Gasteiger partial charge is 0.231 e. The summed E-state index contributed by atoms with van der Waals surface area (Å²) in [5, 5.41) is 19.7. The summed E-state index contributed by atoms with van der Waals surface area (Å²) in [6.45, 7) is 4.78. The second kappa shape index (κ2) is 15.8. The molecule has 13 heteroatoms. The number of hydrogen-bond donors (Lipinski definition) is 2. The third-order valence-corrected chi connectivity index (χ3v) is 4.29. The number of carbonyl (C=O) groups excluding carboxylic acids is 1. The van der Waals surface area contributed by atoms with Crippen LogP contribution in [0.1, 0.15) is 29.8 Å². The first-order chi connectivity index (χ1) is 16.7. The van der Waals surface area contributed by atoms with Gasteiger partial charge in [0.05, 0.1) is 0 Å². The maximum absolute atomic E-state index is 10.5. The number of ether oxygens (including phenoxy) is 4. The number of benzene rings is 2. The van der Waals surface area contributed by atoms with Gasteiger partial charge in [0, 0.05) is 48.8 Å². The van der Waals surface area contributed by atoms with Gasteiger partial charge in [-0.25, -0.2) is 0 Å². The van der Waals surface area contributed by atoms with Gasteiger partial charge in [-0.2, -0.15) is 0 Å². The normalized spacial score (nSPS) is 12.5. The fraction of sp³-hybridized carbons (Fsp3) is 0.409. The molecule has 0 spiro atoms. The average molecular weight is 495 g/mol. The fourth-order valence-corrected chi connectivity index (χ4v) is 2.47. The van der Waals surface area contributed by atoms with Crippen LogP contribution in [0.25, 0.3) is 0 Å². The van der Waals surface area contributed by atoms with Crippen LogP contribution in [0.2, 0.25) is 0 Å². The highest BCUT2D eigenvalue weighted by atomic mass is 16.7. The van der Waals surface area contributed by atoms with Crippen molar-refractivity contribution in [1.82, 2.24) is 0 Å². The van der Waals surface area contributed by atoms with Crippen LogP contribution in [0.4, 0.5) is 0 Å². The maximum Gasteiger partial charge on any atom is 0.231 e. The van der Waals surface area contributed by atoms with Crippen molar-refractivity contribution in [2.75, 3.05) is 33.2 Å². The van der Waals surface area contributed by atoms with E-state index in [9.17, 15) is 25.0 Å². The van der Waals surface area contributed by atoms with Crippen LogP contribution < -0.4 is 30.4 Å². The van der Waals surface area contributed by atoms with Gasteiger partial charge in [0.2, 0.25) is 26.2 Å². The Morgan fingerprint density at radius 2 is 1.40 bits per heavy atom. The van der Waals surface area contributed by atoms with E-state index >= 15 is 0 Å². The van der Waals surface area contributed by atoms with E-state index in [1.807, 2.05) is 6.07 Å². The van der Waals surface area contributed by atoms with E-state index in [0.717, 1.165) is 11.8 Å². The molecule has 0 saturated carbocycles. The van der Waals surface area contributed by atoms with E-state index < -0.39 is 6.04 Å². The van der Waals surface area contributed by atoms with Gasteiger partial charge in [-0.1, -0.05) is 6.07 Å². The first kappa shape index (κ1) is 29.1. The number of rotatable bonds is 6. The summed E-state index contributed by atoms with van der Waals surface area (Å²) in [5.74, 6) is 2.72. The summed E-state index contributed by atoms with van der Waals surface area (Å²) in [6.07, 6.45) is 1.19. The lowest BCUT2D eigenvalue weighted by Gasteiger charge is -2.04. The molecule has 0 aliphatic carbocycles. The molecule has 2 aliphatic heterocycles. The Bertz CT molecular complexity index is 970. The Morgan fingerprint density at radius 1 is 0.914 bits per heavy atom. The van der Waals surface area contributed by atoms with Crippen molar-refractivity contribution in [3.63, 3.8) is 0 Å². The number of aldehydes is 1. The molecule has 0 bridgehead atoms. The lowest BCUT2D eigenvalue weighted by atomic mass is 10.1. The molecule has 2 heterocycles. The van der Waals surface area contributed by atoms with Crippen LogP contribution in [0.3, 0.4) is 0 Å². The average Bonchev–Trinajstić information content (AvgIpc) is 3.53. The van der Waals surface area contributed by atoms with Crippen LogP contribution in [0.5, 0.6) is 23.0 Å². The molecule has 0 saturated heterocycles. The van der Waals surface area contributed by atoms with Gasteiger partial charge < -0.3 is 30.4 Å². The summed E-state index contributed by atoms with van der Waals surface area (Å²) in [6, 6.07) is 9.91. The largest absolute Gasteiger partial charge is 0.454 e. The molecule has 1 unspecified atom stereocenters. The number of nitrogens with zero attached hydrogens (tertiary/aromatic N) is 2. The van der Waals surface area contributed by atoms with Crippen molar-refractivity contribution in [2.24, 2.45) is 11.5 Å². The SMILES string of the molecule is CC(Cc1ccc2c(c1)OCO2)[N+](=O)[O-].CC[N+](=O)[O-].NCCN.O=Cc1ccc2c(c1)OCO2. The molecule has 192 valence electrons. The van der Waals surface area contributed by atoms with Crippen molar-refractivity contribution in [2.45, 2.75) is 26.3 Å². The van der Waals surface area contributed by atoms with Crippen LogP contribution in [0.15, 0.2) is 36.4 Å². The summed E-state index contributed by atoms with van der Waals surface area (Å²) < 4.78 is 20.5. The zero-order valence-corrected chi connectivity index (χ0v) is 19.6. The lowest BCUT2D eigenvalue weighted by molar-refractivity contribution is -0.517. The number of fused-ring (bicyclic) bond motifs is 2. The molecule has 0 aromatic heterocycles. The number of carbonyl (C=O) groups is 1. The molecule has 2 aromatic carbocycles. The second-order valence-electron chi connectivity index (χ2n) is 6.98. The van der Waals surface area contributed by atoms with E-state index in [4.69, 9.17) is 30.4 Å². The maximum atomic E-state index is 10.5. The van der Waals surface area contributed by atoms with Crippen LogP contribution in [-0.2, 0) is 6.42 Å². The van der Waals surface area contributed by atoms with Gasteiger partial charge in [0.1, 0.15) is 6.29 Å². The Hall–Kier alpha value is -3.97. The molecule has 0 amide bonds. The molecule has 0 fully saturated rings. The van der Waals surface area contributed by atoms with Gasteiger partial charge in [-0.3, -0.25) is 25.0 Å². The Labute approximate surface area is 202 Å². The highest BCUT2D eigenvalue weighted by Gasteiger charge is 2.17. The summed E-state index contributed by atoms with van der Waals surface area (Å²) in [4.78, 5) is 29.3. The highest BCUT2D eigenvalue weighted by Crippen LogP contribution is 2.33. The topological polar surface area (TPSA) is 192 Å². The predicted molar refractivity (Wildman–Crippen MR) is 126 cm³/mol. The van der Waals surface area contributed by atoms with E-state index in [0.29, 0.717) is 48.1 Å². The molecule has 2 aromatic rings. The van der Waals surface area contributed by atoms with Crippen LogP contribution >= 0.6 is 0 Å². The van der Waals surface area contributed by atoms with E-state index in [2.05, 4.69) is 0 Å². The minimum Gasteiger partial charge on any atom is -0.454 e. The number of nitrogens with two attached hydrogens (primary N) is 2. The van der Waals surface area contributed by atoms with E-state index in [-0.39, 0.29) is 30.0 Å². The van der Waals surface area contributed by atoms with Crippen molar-refractivity contribution in [3.8, 4) is 23.0 Å². The molecule has 1 atom stereocenters. The van der Waals surface area contributed by atoms with Crippen molar-refractivity contribution < 1.29 is 33.6 Å². The standard InChI is InChI=1S/C10H11NO4.C8H6O3.C2H8N2.C2H5NO2/c1-7(11(12)13)4-8-2-3-9-10(5-8)15-6-14-9;9-4-6-1-2-7-8(3-6)11-5-10-7;3-1-2-4;1-2-3(4)5/h2-3,5,7H,4,6H2,1H3;1-4H,5H2;1-4H2;2H2,1H3. The zero-order chi connectivity index (χ0) is 26.2. The first-order valence-electron chi connectivity index (χ1n) is 10.6. The third-order valence-electron chi connectivity index (χ3n) is 4.29. The van der Waals surface area contributed by atoms with E-state index in [1.165, 1.54) is 6.92 Å². The van der Waals surface area contributed by atoms with Gasteiger partial charge >= 0.3 is 0 Å². The molecule has 0 radical (unpaired) electrons. The third kappa shape index (κ3) is 10.7. The van der Waals surface area contributed by atoms with Crippen LogP contribution in [0, 0.1) is 20.2 Å². The van der Waals surface area contributed by atoms with Gasteiger partial charge in [-0.15, -0.1) is 0 Å². The Balaban J connectivity index is 0.000000268. The van der Waals surface area contributed by atoms with Gasteiger partial charge in [0.25, 0.3) is 0 Å². The predicted octanol–water partition coefficient (Wildman–Crippen LogP) is 2.04. The molecule has 2 aliphatic rings. The van der Waals surface area contributed by atoms with Crippen molar-refractivity contribution in [3.05, 3.63) is 67.8 Å². The fourth-order valence-electron chi connectivity index (χ4n) is 2.47. The second-order valence-corrected chi connectivity index (χ2v) is 6.98. The van der Waals surface area contributed by atoms with Crippen molar-refractivity contribution in [1.29, 1.82) is 0 Å². The summed E-state index contributed by atoms with van der Waals surface area (Å²) >= 11 is 0. The monoisotopic (exact) mass is 494 g/mol. The Kier molecular flexibility index (Phi) is 13.1. The molecule has 13 nitrogen and oxygen atoms in total. The molecule has 4 N–H and O–H groups in total. The molecule has 4 rings (SSSR count). The highest BCUT2D eigenvalue weighted by molar-refractivity contribution is 5.76. The lowest BCUT2D eigenvalue weighted by Crippen LogP contribution is -2.17.